The molecule has 2 aromatic rings. The zero-order valence-electron chi connectivity index (χ0n) is 9.71. The van der Waals surface area contributed by atoms with Crippen LogP contribution < -0.4 is 5.32 Å². The maximum absolute atomic E-state index is 6.20. The van der Waals surface area contributed by atoms with E-state index >= 15 is 0 Å². The van der Waals surface area contributed by atoms with E-state index < -0.39 is 0 Å². The van der Waals surface area contributed by atoms with Crippen LogP contribution in [0.25, 0.3) is 0 Å². The van der Waals surface area contributed by atoms with Gasteiger partial charge in [0.2, 0.25) is 0 Å². The van der Waals surface area contributed by atoms with Crippen molar-refractivity contribution in [2.75, 3.05) is 7.05 Å². The molecule has 5 heteroatoms. The Hall–Kier alpha value is -0.0600. The van der Waals surface area contributed by atoms with Gasteiger partial charge in [0.25, 0.3) is 0 Å². The molecule has 0 amide bonds. The maximum Gasteiger partial charge on any atom is 0.0701 e. The van der Waals surface area contributed by atoms with Gasteiger partial charge in [0, 0.05) is 16.1 Å². The largest absolute Gasteiger partial charge is 0.313 e. The first-order valence-corrected chi connectivity index (χ1v) is 7.88. The number of halogens is 3. The minimum absolute atomic E-state index is 0.256. The monoisotopic (exact) mass is 363 g/mol. The summed E-state index contributed by atoms with van der Waals surface area (Å²) in [6.07, 6.45) is 0.843. The number of likely N-dealkylation sites (N-methyl/N-ethyl adjacent to an activating group) is 1. The Morgan fingerprint density at radius 1 is 1.33 bits per heavy atom. The molecule has 1 unspecified atom stereocenters. The first kappa shape index (κ1) is 14.4. The van der Waals surface area contributed by atoms with Crippen molar-refractivity contribution in [3.63, 3.8) is 0 Å². The minimum atomic E-state index is 0.256. The molecule has 0 aliphatic heterocycles. The second-order valence-electron chi connectivity index (χ2n) is 3.97. The molecule has 1 nitrogen and oxygen atoms in total. The Kier molecular flexibility index (Phi) is 5.10. The predicted molar refractivity (Wildman–Crippen MR) is 84.0 cm³/mol. The van der Waals surface area contributed by atoms with Crippen LogP contribution >= 0.6 is 50.5 Å². The standard InChI is InChI=1S/C13H12BrCl2NS/c1-17-12(9-5-13(14)18-7-9)4-8-2-3-10(15)6-11(8)16/h2-3,5-7,12,17H,4H2,1H3. The molecule has 18 heavy (non-hydrogen) atoms. The fraction of sp³-hybridized carbons (Fsp3) is 0.231. The molecule has 1 aromatic heterocycles. The normalized spacial score (nSPS) is 12.7. The fourth-order valence-electron chi connectivity index (χ4n) is 1.80. The number of hydrogen-bond donors (Lipinski definition) is 1. The highest BCUT2D eigenvalue weighted by Crippen LogP contribution is 2.29. The predicted octanol–water partition coefficient (Wildman–Crippen LogP) is 5.32. The molecule has 0 fully saturated rings. The number of benzene rings is 1. The number of rotatable bonds is 4. The van der Waals surface area contributed by atoms with Gasteiger partial charge in [-0.1, -0.05) is 29.3 Å². The molecule has 0 saturated carbocycles. The second kappa shape index (κ2) is 6.40. The van der Waals surface area contributed by atoms with Gasteiger partial charge in [-0.05, 0) is 64.1 Å². The molecule has 0 aliphatic carbocycles. The van der Waals surface area contributed by atoms with Gasteiger partial charge >= 0.3 is 0 Å². The van der Waals surface area contributed by atoms with E-state index in [1.54, 1.807) is 17.4 Å². The first-order valence-electron chi connectivity index (χ1n) is 5.45. The Morgan fingerprint density at radius 3 is 2.67 bits per heavy atom. The van der Waals surface area contributed by atoms with Gasteiger partial charge in [-0.2, -0.15) is 0 Å². The van der Waals surface area contributed by atoms with E-state index in [0.29, 0.717) is 5.02 Å². The molecule has 1 N–H and O–H groups in total. The SMILES string of the molecule is CNC(Cc1ccc(Cl)cc1Cl)c1csc(Br)c1. The van der Waals surface area contributed by atoms with E-state index in [4.69, 9.17) is 23.2 Å². The quantitative estimate of drug-likeness (QED) is 0.773. The van der Waals surface area contributed by atoms with Crippen LogP contribution in [-0.2, 0) is 6.42 Å². The molecule has 2 rings (SSSR count). The van der Waals surface area contributed by atoms with E-state index in [1.165, 1.54) is 5.56 Å². The molecule has 0 bridgehead atoms. The van der Waals surface area contributed by atoms with Crippen LogP contribution in [-0.4, -0.2) is 7.05 Å². The third-order valence-corrected chi connectivity index (χ3v) is 4.89. The Morgan fingerprint density at radius 2 is 2.11 bits per heavy atom. The first-order chi connectivity index (χ1) is 8.60. The summed E-state index contributed by atoms with van der Waals surface area (Å²) in [6, 6.07) is 8.03. The molecule has 0 radical (unpaired) electrons. The lowest BCUT2D eigenvalue weighted by Crippen LogP contribution is -2.18. The summed E-state index contributed by atoms with van der Waals surface area (Å²) in [5.41, 5.74) is 2.36. The van der Waals surface area contributed by atoms with Crippen LogP contribution in [0.1, 0.15) is 17.2 Å². The summed E-state index contributed by atoms with van der Waals surface area (Å²) in [5, 5.41) is 6.85. The molecule has 1 heterocycles. The number of thiophene rings is 1. The lowest BCUT2D eigenvalue weighted by Gasteiger charge is -2.16. The van der Waals surface area contributed by atoms with Gasteiger partial charge in [-0.3, -0.25) is 0 Å². The van der Waals surface area contributed by atoms with E-state index in [0.717, 1.165) is 20.8 Å². The maximum atomic E-state index is 6.20. The van der Waals surface area contributed by atoms with Crippen LogP contribution in [0.2, 0.25) is 10.0 Å². The van der Waals surface area contributed by atoms with Crippen molar-refractivity contribution in [2.45, 2.75) is 12.5 Å². The average molecular weight is 365 g/mol. The van der Waals surface area contributed by atoms with Crippen LogP contribution in [0, 0.1) is 0 Å². The van der Waals surface area contributed by atoms with Crippen LogP contribution in [0.5, 0.6) is 0 Å². The number of nitrogens with one attached hydrogen (secondary N) is 1. The third kappa shape index (κ3) is 3.49. The van der Waals surface area contributed by atoms with Crippen molar-refractivity contribution in [1.29, 1.82) is 0 Å². The van der Waals surface area contributed by atoms with E-state index in [9.17, 15) is 0 Å². The molecule has 0 saturated heterocycles. The third-order valence-electron chi connectivity index (χ3n) is 2.78. The minimum Gasteiger partial charge on any atom is -0.313 e. The van der Waals surface area contributed by atoms with Crippen molar-refractivity contribution < 1.29 is 0 Å². The Balaban J connectivity index is 2.20. The molecule has 1 aromatic carbocycles. The van der Waals surface area contributed by atoms with Crippen molar-refractivity contribution >= 4 is 50.5 Å². The van der Waals surface area contributed by atoms with Crippen LogP contribution in [0.3, 0.4) is 0 Å². The van der Waals surface area contributed by atoms with Crippen molar-refractivity contribution in [3.05, 3.63) is 54.6 Å². The summed E-state index contributed by atoms with van der Waals surface area (Å²) in [7, 11) is 1.96. The topological polar surface area (TPSA) is 12.0 Å². The van der Waals surface area contributed by atoms with Gasteiger partial charge in [0.15, 0.2) is 0 Å². The van der Waals surface area contributed by atoms with E-state index in [-0.39, 0.29) is 6.04 Å². The van der Waals surface area contributed by atoms with E-state index in [1.807, 2.05) is 19.2 Å². The van der Waals surface area contributed by atoms with Gasteiger partial charge < -0.3 is 5.32 Å². The molecule has 1 atom stereocenters. The lowest BCUT2D eigenvalue weighted by atomic mass is 10.0. The summed E-state index contributed by atoms with van der Waals surface area (Å²) < 4.78 is 1.14. The van der Waals surface area contributed by atoms with Crippen LogP contribution in [0.4, 0.5) is 0 Å². The van der Waals surface area contributed by atoms with Crippen molar-refractivity contribution in [3.8, 4) is 0 Å². The molecule has 0 aliphatic rings. The highest BCUT2D eigenvalue weighted by atomic mass is 79.9. The highest BCUT2D eigenvalue weighted by Gasteiger charge is 2.13. The second-order valence-corrected chi connectivity index (χ2v) is 7.10. The zero-order valence-corrected chi connectivity index (χ0v) is 13.6. The summed E-state index contributed by atoms with van der Waals surface area (Å²) in [4.78, 5) is 0. The zero-order chi connectivity index (χ0) is 13.1. The van der Waals surface area contributed by atoms with Crippen molar-refractivity contribution in [1.82, 2.24) is 5.32 Å². The lowest BCUT2D eigenvalue weighted by molar-refractivity contribution is 0.594. The molecule has 96 valence electrons. The fourth-order valence-corrected chi connectivity index (χ4v) is 3.52. The van der Waals surface area contributed by atoms with Gasteiger partial charge in [-0.15, -0.1) is 11.3 Å². The van der Waals surface area contributed by atoms with Gasteiger partial charge in [-0.25, -0.2) is 0 Å². The average Bonchev–Trinajstić information content (AvgIpc) is 2.75. The molecule has 0 spiro atoms. The summed E-state index contributed by atoms with van der Waals surface area (Å²) in [5.74, 6) is 0. The number of hydrogen-bond acceptors (Lipinski definition) is 2. The smallest absolute Gasteiger partial charge is 0.0701 e. The van der Waals surface area contributed by atoms with Gasteiger partial charge in [0.1, 0.15) is 0 Å². The van der Waals surface area contributed by atoms with Crippen molar-refractivity contribution in [2.24, 2.45) is 0 Å². The molecular weight excluding hydrogens is 353 g/mol. The molecular formula is C13H12BrCl2NS. The van der Waals surface area contributed by atoms with E-state index in [2.05, 4.69) is 32.7 Å². The highest BCUT2D eigenvalue weighted by molar-refractivity contribution is 9.11. The summed E-state index contributed by atoms with van der Waals surface area (Å²) in [6.45, 7) is 0. The van der Waals surface area contributed by atoms with Gasteiger partial charge in [0.05, 0.1) is 3.79 Å². The van der Waals surface area contributed by atoms with Crippen LogP contribution in [0.15, 0.2) is 33.4 Å². The Bertz CT molecular complexity index is 542. The summed E-state index contributed by atoms with van der Waals surface area (Å²) >= 11 is 17.3. The Labute approximate surface area is 129 Å².